The Bertz CT molecular complexity index is 1120. The zero-order valence-corrected chi connectivity index (χ0v) is 14.5. The van der Waals surface area contributed by atoms with E-state index in [1.807, 2.05) is 42.5 Å². The SMILES string of the molecule is O=C(CN1c2cccc3cccc(c23)S1(=O)=O)N/N=C\c1ccccc1. The van der Waals surface area contributed by atoms with Crippen LogP contribution in [-0.2, 0) is 14.8 Å². The van der Waals surface area contributed by atoms with Crippen LogP contribution in [0.5, 0.6) is 0 Å². The normalized spacial score (nSPS) is 14.8. The van der Waals surface area contributed by atoms with Crippen LogP contribution in [0.4, 0.5) is 5.69 Å². The van der Waals surface area contributed by atoms with Gasteiger partial charge in [0.2, 0.25) is 0 Å². The lowest BCUT2D eigenvalue weighted by Crippen LogP contribution is -2.37. The van der Waals surface area contributed by atoms with E-state index in [-0.39, 0.29) is 11.4 Å². The van der Waals surface area contributed by atoms with Gasteiger partial charge in [-0.25, -0.2) is 13.8 Å². The van der Waals surface area contributed by atoms with E-state index < -0.39 is 15.9 Å². The summed E-state index contributed by atoms with van der Waals surface area (Å²) in [6, 6.07) is 19.7. The number of carbonyl (C=O) groups excluding carboxylic acids is 1. The average Bonchev–Trinajstić information content (AvgIpc) is 2.86. The number of hydrazone groups is 1. The van der Waals surface area contributed by atoms with Gasteiger partial charge < -0.3 is 0 Å². The van der Waals surface area contributed by atoms with E-state index in [0.717, 1.165) is 15.3 Å². The third kappa shape index (κ3) is 2.72. The molecule has 0 unspecified atom stereocenters. The van der Waals surface area contributed by atoms with Crippen molar-refractivity contribution in [2.45, 2.75) is 4.90 Å². The number of benzene rings is 3. The van der Waals surface area contributed by atoms with Crippen molar-refractivity contribution < 1.29 is 13.2 Å². The topological polar surface area (TPSA) is 78.8 Å². The van der Waals surface area contributed by atoms with E-state index in [9.17, 15) is 13.2 Å². The Hall–Kier alpha value is -3.19. The Morgan fingerprint density at radius 1 is 1.00 bits per heavy atom. The van der Waals surface area contributed by atoms with Crippen LogP contribution in [0.1, 0.15) is 5.56 Å². The molecule has 1 heterocycles. The number of amides is 1. The van der Waals surface area contributed by atoms with Crippen LogP contribution in [-0.4, -0.2) is 27.1 Å². The molecule has 3 aromatic rings. The van der Waals surface area contributed by atoms with Gasteiger partial charge in [0.05, 0.1) is 16.8 Å². The summed E-state index contributed by atoms with van der Waals surface area (Å²) >= 11 is 0. The Balaban J connectivity index is 1.56. The van der Waals surface area contributed by atoms with Crippen LogP contribution in [0.15, 0.2) is 76.7 Å². The summed E-state index contributed by atoms with van der Waals surface area (Å²) in [5.74, 6) is -0.509. The van der Waals surface area contributed by atoms with E-state index in [4.69, 9.17) is 0 Å². The van der Waals surface area contributed by atoms with Crippen molar-refractivity contribution in [1.29, 1.82) is 0 Å². The van der Waals surface area contributed by atoms with Crippen molar-refractivity contribution in [2.75, 3.05) is 10.8 Å². The molecular formula is C19H15N3O3S. The van der Waals surface area contributed by atoms with Crippen molar-refractivity contribution in [3.05, 3.63) is 72.3 Å². The quantitative estimate of drug-likeness (QED) is 0.570. The summed E-state index contributed by atoms with van der Waals surface area (Å²) in [5.41, 5.74) is 3.73. The van der Waals surface area contributed by atoms with Crippen molar-refractivity contribution in [1.82, 2.24) is 5.43 Å². The van der Waals surface area contributed by atoms with Gasteiger partial charge in [-0.3, -0.25) is 9.10 Å². The molecule has 1 amide bonds. The number of carbonyl (C=O) groups is 1. The molecule has 130 valence electrons. The predicted octanol–water partition coefficient (Wildman–Crippen LogP) is 2.50. The second kappa shape index (κ2) is 6.27. The third-order valence-corrected chi connectivity index (χ3v) is 5.97. The first-order valence-corrected chi connectivity index (χ1v) is 9.43. The Morgan fingerprint density at radius 2 is 1.73 bits per heavy atom. The maximum Gasteiger partial charge on any atom is 0.265 e. The molecule has 0 radical (unpaired) electrons. The molecule has 26 heavy (non-hydrogen) atoms. The molecule has 0 bridgehead atoms. The van der Waals surface area contributed by atoms with Gasteiger partial charge in [-0.15, -0.1) is 0 Å². The molecule has 4 rings (SSSR count). The molecule has 7 heteroatoms. The Morgan fingerprint density at radius 3 is 2.50 bits per heavy atom. The fraction of sp³-hybridized carbons (Fsp3) is 0.0526. The van der Waals surface area contributed by atoms with Crippen LogP contribution in [0, 0.1) is 0 Å². The Kier molecular flexibility index (Phi) is 3.93. The number of rotatable bonds is 4. The zero-order chi connectivity index (χ0) is 18.1. The molecule has 0 aromatic heterocycles. The number of sulfonamides is 1. The van der Waals surface area contributed by atoms with Gasteiger partial charge in [0, 0.05) is 5.39 Å². The van der Waals surface area contributed by atoms with Crippen molar-refractivity contribution in [3.8, 4) is 0 Å². The number of nitrogens with zero attached hydrogens (tertiary/aromatic N) is 2. The molecule has 0 atom stereocenters. The van der Waals surface area contributed by atoms with Crippen LogP contribution in [0.2, 0.25) is 0 Å². The minimum atomic E-state index is -3.75. The Labute approximate surface area is 150 Å². The number of hydrogen-bond donors (Lipinski definition) is 1. The third-order valence-electron chi connectivity index (χ3n) is 4.17. The highest BCUT2D eigenvalue weighted by molar-refractivity contribution is 7.93. The lowest BCUT2D eigenvalue weighted by Gasteiger charge is -2.17. The summed E-state index contributed by atoms with van der Waals surface area (Å²) in [5, 5.41) is 5.36. The fourth-order valence-electron chi connectivity index (χ4n) is 3.01. The van der Waals surface area contributed by atoms with Gasteiger partial charge in [-0.1, -0.05) is 54.6 Å². The molecule has 0 spiro atoms. The molecule has 3 aromatic carbocycles. The first-order valence-electron chi connectivity index (χ1n) is 7.99. The van der Waals surface area contributed by atoms with Crippen molar-refractivity contribution >= 4 is 38.6 Å². The van der Waals surface area contributed by atoms with Gasteiger partial charge in [0.25, 0.3) is 15.9 Å². The summed E-state index contributed by atoms with van der Waals surface area (Å²) in [6.07, 6.45) is 1.51. The van der Waals surface area contributed by atoms with Gasteiger partial charge in [0.15, 0.2) is 0 Å². The molecule has 0 saturated heterocycles. The second-order valence-electron chi connectivity index (χ2n) is 5.85. The predicted molar refractivity (Wildman–Crippen MR) is 101 cm³/mol. The van der Waals surface area contributed by atoms with E-state index in [1.165, 1.54) is 6.21 Å². The first-order chi connectivity index (χ1) is 12.6. The average molecular weight is 365 g/mol. The van der Waals surface area contributed by atoms with Crippen molar-refractivity contribution in [3.63, 3.8) is 0 Å². The first kappa shape index (κ1) is 16.3. The highest BCUT2D eigenvalue weighted by Crippen LogP contribution is 2.41. The summed E-state index contributed by atoms with van der Waals surface area (Å²) < 4.78 is 26.7. The minimum Gasteiger partial charge on any atom is -0.271 e. The zero-order valence-electron chi connectivity index (χ0n) is 13.7. The maximum absolute atomic E-state index is 12.8. The van der Waals surface area contributed by atoms with Crippen LogP contribution >= 0.6 is 0 Å². The summed E-state index contributed by atoms with van der Waals surface area (Å²) in [7, 11) is -3.75. The van der Waals surface area contributed by atoms with E-state index in [0.29, 0.717) is 11.1 Å². The van der Waals surface area contributed by atoms with E-state index in [2.05, 4.69) is 10.5 Å². The number of nitrogens with one attached hydrogen (secondary N) is 1. The standard InChI is InChI=1S/C19H15N3O3S/c23-18(21-20-12-14-6-2-1-3-7-14)13-22-16-10-4-8-15-9-5-11-17(19(15)16)26(22,24)25/h1-12H,13H2,(H,21,23)/b20-12-. The highest BCUT2D eigenvalue weighted by Gasteiger charge is 2.36. The summed E-state index contributed by atoms with van der Waals surface area (Å²) in [4.78, 5) is 12.4. The minimum absolute atomic E-state index is 0.228. The van der Waals surface area contributed by atoms with Crippen LogP contribution < -0.4 is 9.73 Å². The molecule has 1 aliphatic heterocycles. The fourth-order valence-corrected chi connectivity index (χ4v) is 4.68. The summed E-state index contributed by atoms with van der Waals surface area (Å²) in [6.45, 7) is -0.331. The van der Waals surface area contributed by atoms with E-state index >= 15 is 0 Å². The van der Waals surface area contributed by atoms with Gasteiger partial charge in [-0.2, -0.15) is 5.10 Å². The van der Waals surface area contributed by atoms with Gasteiger partial charge >= 0.3 is 0 Å². The second-order valence-corrected chi connectivity index (χ2v) is 7.68. The van der Waals surface area contributed by atoms with Crippen LogP contribution in [0.3, 0.4) is 0 Å². The molecular weight excluding hydrogens is 350 g/mol. The monoisotopic (exact) mass is 365 g/mol. The lowest BCUT2D eigenvalue weighted by atomic mass is 10.1. The van der Waals surface area contributed by atoms with Gasteiger partial charge in [0.1, 0.15) is 6.54 Å². The van der Waals surface area contributed by atoms with Crippen molar-refractivity contribution in [2.24, 2.45) is 5.10 Å². The highest BCUT2D eigenvalue weighted by atomic mass is 32.2. The van der Waals surface area contributed by atoms with Crippen LogP contribution in [0.25, 0.3) is 10.8 Å². The number of anilines is 1. The molecule has 6 nitrogen and oxygen atoms in total. The van der Waals surface area contributed by atoms with E-state index in [1.54, 1.807) is 24.3 Å². The largest absolute Gasteiger partial charge is 0.271 e. The molecule has 0 fully saturated rings. The molecule has 1 N–H and O–H groups in total. The molecule has 0 aliphatic carbocycles. The molecule has 0 saturated carbocycles. The number of hydrogen-bond acceptors (Lipinski definition) is 4. The van der Waals surface area contributed by atoms with Gasteiger partial charge in [-0.05, 0) is 23.1 Å². The molecule has 1 aliphatic rings. The smallest absolute Gasteiger partial charge is 0.265 e. The maximum atomic E-state index is 12.8. The lowest BCUT2D eigenvalue weighted by molar-refractivity contribution is -0.119.